The Balaban J connectivity index is 2.92. The molecule has 0 spiro atoms. The first-order valence-electron chi connectivity index (χ1n) is 13.4. The molecule has 0 unspecified atom stereocenters. The number of carboxylic acids is 1. The lowest BCUT2D eigenvalue weighted by molar-refractivity contribution is 0.0526. The maximum absolute atomic E-state index is 12.0. The Morgan fingerprint density at radius 3 is 1.78 bits per heavy atom. The van der Waals surface area contributed by atoms with Gasteiger partial charge < -0.3 is 15.2 Å². The van der Waals surface area contributed by atoms with Crippen molar-refractivity contribution < 1.29 is 19.4 Å². The zero-order valence-electron chi connectivity index (χ0n) is 22.6. The fraction of sp³-hybridized carbons (Fsp3) is 0.613. The first-order chi connectivity index (χ1) is 17.2. The zero-order chi connectivity index (χ0) is 26.8. The van der Waals surface area contributed by atoms with E-state index >= 15 is 0 Å². The molecule has 5 nitrogen and oxygen atoms in total. The molecule has 36 heavy (non-hydrogen) atoms. The number of hydrogen-bond acceptors (Lipinski definition) is 3. The molecule has 1 aromatic carbocycles. The van der Waals surface area contributed by atoms with Crippen molar-refractivity contribution in [3.63, 3.8) is 0 Å². The number of benzene rings is 1. The van der Waals surface area contributed by atoms with E-state index in [4.69, 9.17) is 17.6 Å². The maximum atomic E-state index is 12.0. The van der Waals surface area contributed by atoms with Crippen molar-refractivity contribution in [2.24, 2.45) is 0 Å². The molecule has 1 aromatic rings. The summed E-state index contributed by atoms with van der Waals surface area (Å²) in [6.45, 7) is 6.03. The van der Waals surface area contributed by atoms with Gasteiger partial charge >= 0.3 is 12.1 Å². The highest BCUT2D eigenvalue weighted by Gasteiger charge is 2.17. The number of aromatic carboxylic acids is 1. The Labute approximate surface area is 218 Å². The molecule has 2 N–H and O–H groups in total. The highest BCUT2D eigenvalue weighted by atomic mass is 16.6. The second-order valence-electron chi connectivity index (χ2n) is 10.3. The van der Waals surface area contributed by atoms with Crippen molar-refractivity contribution in [1.82, 2.24) is 5.32 Å². The molecule has 0 aliphatic heterocycles. The molecule has 1 amide bonds. The number of unbranched alkanes of at least 4 members (excludes halogenated alkanes) is 8. The summed E-state index contributed by atoms with van der Waals surface area (Å²) >= 11 is 0. The summed E-state index contributed by atoms with van der Waals surface area (Å²) in [5.74, 6) is 4.48. The van der Waals surface area contributed by atoms with Crippen LogP contribution >= 0.6 is 0 Å². The summed E-state index contributed by atoms with van der Waals surface area (Å²) in [5, 5.41) is 12.6. The quantitative estimate of drug-likeness (QED) is 0.179. The summed E-state index contributed by atoms with van der Waals surface area (Å²) in [7, 11) is 0. The molecule has 0 fully saturated rings. The van der Waals surface area contributed by atoms with Crippen LogP contribution in [0.1, 0.15) is 118 Å². The van der Waals surface area contributed by atoms with Crippen LogP contribution < -0.4 is 5.32 Å². The Bertz CT molecular complexity index is 852. The third kappa shape index (κ3) is 13.8. The standard InChI is InChI=1S/C31H45NO4/c1-6-8-10-12-14-16-19-25-23-27(29(33)34)24-26(20-17-15-13-11-9-7-2)28(25)21-18-22-32-30(35)36-31(3,4)5/h1-2,23-24H,8-22H2,3-5H3,(H,32,35)(H,33,34). The van der Waals surface area contributed by atoms with E-state index in [0.29, 0.717) is 12.1 Å². The molecule has 0 aromatic heterocycles. The van der Waals surface area contributed by atoms with Gasteiger partial charge in [-0.3, -0.25) is 0 Å². The summed E-state index contributed by atoms with van der Waals surface area (Å²) in [6, 6.07) is 3.69. The molecule has 198 valence electrons. The number of amides is 1. The van der Waals surface area contributed by atoms with Crippen LogP contribution in [0.2, 0.25) is 0 Å². The van der Waals surface area contributed by atoms with Gasteiger partial charge in [-0.25, -0.2) is 9.59 Å². The van der Waals surface area contributed by atoms with Crippen molar-refractivity contribution in [2.45, 2.75) is 116 Å². The van der Waals surface area contributed by atoms with Gasteiger partial charge in [0.2, 0.25) is 0 Å². The van der Waals surface area contributed by atoms with E-state index in [1.54, 1.807) is 0 Å². The monoisotopic (exact) mass is 495 g/mol. The molecule has 0 aliphatic rings. The molecular weight excluding hydrogens is 450 g/mol. The summed E-state index contributed by atoms with van der Waals surface area (Å²) in [5.41, 5.74) is 3.30. The third-order valence-corrected chi connectivity index (χ3v) is 5.99. The number of carbonyl (C=O) groups excluding carboxylic acids is 1. The summed E-state index contributed by atoms with van der Waals surface area (Å²) in [4.78, 5) is 23.9. The number of terminal acetylenes is 2. The molecular formula is C31H45NO4. The van der Waals surface area contributed by atoms with Gasteiger partial charge in [0.05, 0.1) is 5.56 Å². The fourth-order valence-corrected chi connectivity index (χ4v) is 4.25. The van der Waals surface area contributed by atoms with E-state index in [9.17, 15) is 14.7 Å². The van der Waals surface area contributed by atoms with Crippen LogP contribution in [0.15, 0.2) is 12.1 Å². The number of nitrogens with one attached hydrogen (secondary N) is 1. The molecule has 0 bridgehead atoms. The molecule has 5 heteroatoms. The van der Waals surface area contributed by atoms with Crippen molar-refractivity contribution in [2.75, 3.05) is 6.54 Å². The predicted octanol–water partition coefficient (Wildman–Crippen LogP) is 7.09. The van der Waals surface area contributed by atoms with Gasteiger partial charge in [0.25, 0.3) is 0 Å². The number of carboxylic acid groups (broad SMARTS) is 1. The third-order valence-electron chi connectivity index (χ3n) is 5.99. The molecule has 0 atom stereocenters. The average Bonchev–Trinajstić information content (AvgIpc) is 2.80. The highest BCUT2D eigenvalue weighted by Crippen LogP contribution is 2.25. The van der Waals surface area contributed by atoms with E-state index in [1.165, 1.54) is 5.56 Å². The summed E-state index contributed by atoms with van der Waals surface area (Å²) < 4.78 is 5.33. The Morgan fingerprint density at radius 2 is 1.33 bits per heavy atom. The maximum Gasteiger partial charge on any atom is 0.407 e. The SMILES string of the molecule is C#CCCCCCCc1cc(C(=O)O)cc(CCCCCCC#C)c1CCCNC(=O)OC(C)(C)C. The predicted molar refractivity (Wildman–Crippen MR) is 147 cm³/mol. The lowest BCUT2D eigenvalue weighted by atomic mass is 9.88. The van der Waals surface area contributed by atoms with Crippen molar-refractivity contribution >= 4 is 12.1 Å². The Hall–Kier alpha value is -2.92. The second kappa shape index (κ2) is 17.5. The van der Waals surface area contributed by atoms with Crippen LogP contribution in [0.25, 0.3) is 0 Å². The van der Waals surface area contributed by atoms with Crippen LogP contribution in [-0.2, 0) is 24.0 Å². The first kappa shape index (κ1) is 31.1. The minimum atomic E-state index is -0.890. The number of carbonyl (C=O) groups is 2. The number of alkyl carbamates (subject to hydrolysis) is 1. The van der Waals surface area contributed by atoms with E-state index < -0.39 is 17.7 Å². The van der Waals surface area contributed by atoms with Crippen LogP contribution in [-0.4, -0.2) is 29.3 Å². The number of ether oxygens (including phenoxy) is 1. The largest absolute Gasteiger partial charge is 0.478 e. The van der Waals surface area contributed by atoms with Gasteiger partial charge in [-0.15, -0.1) is 24.7 Å². The van der Waals surface area contributed by atoms with Crippen LogP contribution in [0.4, 0.5) is 4.79 Å². The Morgan fingerprint density at radius 1 is 0.833 bits per heavy atom. The van der Waals surface area contributed by atoms with Crippen molar-refractivity contribution in [1.29, 1.82) is 0 Å². The van der Waals surface area contributed by atoms with Gasteiger partial charge in [-0.1, -0.05) is 25.7 Å². The second-order valence-corrected chi connectivity index (χ2v) is 10.3. The highest BCUT2D eigenvalue weighted by molar-refractivity contribution is 5.88. The van der Waals surface area contributed by atoms with Crippen molar-refractivity contribution in [3.05, 3.63) is 34.4 Å². The van der Waals surface area contributed by atoms with Crippen molar-refractivity contribution in [3.8, 4) is 24.7 Å². The van der Waals surface area contributed by atoms with Gasteiger partial charge in [0, 0.05) is 19.4 Å². The van der Waals surface area contributed by atoms with Crippen LogP contribution in [0.3, 0.4) is 0 Å². The van der Waals surface area contributed by atoms with E-state index in [2.05, 4.69) is 17.2 Å². The molecule has 0 aliphatic carbocycles. The minimum absolute atomic E-state index is 0.357. The normalized spacial score (nSPS) is 10.9. The van der Waals surface area contributed by atoms with Gasteiger partial charge in [0.1, 0.15) is 5.60 Å². The van der Waals surface area contributed by atoms with E-state index in [0.717, 1.165) is 101 Å². The van der Waals surface area contributed by atoms with Crippen LogP contribution in [0.5, 0.6) is 0 Å². The topological polar surface area (TPSA) is 75.6 Å². The molecule has 0 saturated heterocycles. The van der Waals surface area contributed by atoms with Gasteiger partial charge in [-0.05, 0) is 101 Å². The first-order valence-corrected chi connectivity index (χ1v) is 13.4. The molecule has 1 rings (SSSR count). The van der Waals surface area contributed by atoms with E-state index in [-0.39, 0.29) is 0 Å². The lowest BCUT2D eigenvalue weighted by Gasteiger charge is -2.20. The fourth-order valence-electron chi connectivity index (χ4n) is 4.25. The number of rotatable bonds is 17. The lowest BCUT2D eigenvalue weighted by Crippen LogP contribution is -2.33. The van der Waals surface area contributed by atoms with E-state index in [1.807, 2.05) is 32.9 Å². The minimum Gasteiger partial charge on any atom is -0.478 e. The zero-order valence-corrected chi connectivity index (χ0v) is 22.6. The number of hydrogen-bond donors (Lipinski definition) is 2. The molecule has 0 saturated carbocycles. The van der Waals surface area contributed by atoms with Crippen LogP contribution in [0, 0.1) is 24.7 Å². The molecule has 0 radical (unpaired) electrons. The smallest absolute Gasteiger partial charge is 0.407 e. The number of aryl methyl sites for hydroxylation is 2. The average molecular weight is 496 g/mol. The van der Waals surface area contributed by atoms with Gasteiger partial charge in [0.15, 0.2) is 0 Å². The Kier molecular flexibility index (Phi) is 15.1. The van der Waals surface area contributed by atoms with Gasteiger partial charge in [-0.2, -0.15) is 0 Å². The molecule has 0 heterocycles. The summed E-state index contributed by atoms with van der Waals surface area (Å²) in [6.07, 6.45) is 23.5.